The fourth-order valence-electron chi connectivity index (χ4n) is 1.66. The van der Waals surface area contributed by atoms with E-state index in [1.807, 2.05) is 30.3 Å². The van der Waals surface area contributed by atoms with E-state index in [1.165, 1.54) is 0 Å². The van der Waals surface area contributed by atoms with Gasteiger partial charge in [0.2, 0.25) is 5.88 Å². The molecule has 0 unspecified atom stereocenters. The Morgan fingerprint density at radius 3 is 2.65 bits per heavy atom. The molecule has 0 aliphatic rings. The second-order valence-electron chi connectivity index (χ2n) is 4.06. The molecule has 2 heterocycles. The van der Waals surface area contributed by atoms with Gasteiger partial charge in [0.25, 0.3) is 5.89 Å². The molecule has 0 aliphatic carbocycles. The number of aryl methyl sites for hydroxylation is 1. The number of rotatable bonds is 3. The number of pyridine rings is 1. The number of hydrogen-bond acceptors (Lipinski definition) is 5. The first-order chi connectivity index (χ1) is 9.72. The average molecular weight is 332 g/mol. The zero-order chi connectivity index (χ0) is 13.9. The zero-order valence-electron chi connectivity index (χ0n) is 10.6. The first-order valence-corrected chi connectivity index (χ1v) is 6.71. The molecule has 1 aromatic carbocycles. The molecule has 0 aliphatic heterocycles. The Labute approximate surface area is 123 Å². The minimum absolute atomic E-state index is 0.391. The van der Waals surface area contributed by atoms with Crippen LogP contribution in [-0.2, 0) is 0 Å². The van der Waals surface area contributed by atoms with Crippen molar-refractivity contribution in [2.45, 2.75) is 6.92 Å². The van der Waals surface area contributed by atoms with E-state index in [0.717, 1.165) is 4.47 Å². The Kier molecular flexibility index (Phi) is 3.47. The largest absolute Gasteiger partial charge is 0.438 e. The van der Waals surface area contributed by atoms with E-state index < -0.39 is 0 Å². The van der Waals surface area contributed by atoms with Crippen molar-refractivity contribution in [3.05, 3.63) is 52.9 Å². The van der Waals surface area contributed by atoms with Crippen LogP contribution in [0.5, 0.6) is 11.6 Å². The molecule has 0 spiro atoms. The molecule has 5 nitrogen and oxygen atoms in total. The summed E-state index contributed by atoms with van der Waals surface area (Å²) in [6.07, 6.45) is 1.65. The highest BCUT2D eigenvalue weighted by molar-refractivity contribution is 9.10. The van der Waals surface area contributed by atoms with E-state index in [2.05, 4.69) is 31.1 Å². The van der Waals surface area contributed by atoms with E-state index in [-0.39, 0.29) is 0 Å². The standard InChI is InChI=1S/C14H10BrN3O2/c1-9-17-14(20-18-9)12-3-2-8-16-13(12)19-11-6-4-10(15)5-7-11/h2-8H,1H3. The maximum Gasteiger partial charge on any atom is 0.263 e. The number of ether oxygens (including phenoxy) is 1. The highest BCUT2D eigenvalue weighted by atomic mass is 79.9. The third-order valence-electron chi connectivity index (χ3n) is 2.56. The summed E-state index contributed by atoms with van der Waals surface area (Å²) in [5.41, 5.74) is 0.663. The summed E-state index contributed by atoms with van der Waals surface area (Å²) in [6, 6.07) is 11.1. The van der Waals surface area contributed by atoms with Crippen LogP contribution in [0.4, 0.5) is 0 Å². The van der Waals surface area contributed by atoms with Crippen molar-refractivity contribution in [1.82, 2.24) is 15.1 Å². The van der Waals surface area contributed by atoms with Gasteiger partial charge in [0.05, 0.1) is 0 Å². The summed E-state index contributed by atoms with van der Waals surface area (Å²) in [6.45, 7) is 1.76. The number of halogens is 1. The van der Waals surface area contributed by atoms with Crippen LogP contribution in [0, 0.1) is 6.92 Å². The van der Waals surface area contributed by atoms with E-state index >= 15 is 0 Å². The lowest BCUT2D eigenvalue weighted by molar-refractivity contribution is 0.418. The number of aromatic nitrogens is 3. The monoisotopic (exact) mass is 331 g/mol. The molecular weight excluding hydrogens is 322 g/mol. The van der Waals surface area contributed by atoms with Gasteiger partial charge in [-0.2, -0.15) is 4.98 Å². The SMILES string of the molecule is Cc1noc(-c2cccnc2Oc2ccc(Br)cc2)n1. The lowest BCUT2D eigenvalue weighted by Crippen LogP contribution is -1.91. The van der Waals surface area contributed by atoms with E-state index in [9.17, 15) is 0 Å². The summed E-state index contributed by atoms with van der Waals surface area (Å²) < 4.78 is 11.9. The average Bonchev–Trinajstić information content (AvgIpc) is 2.88. The van der Waals surface area contributed by atoms with Crippen molar-refractivity contribution in [3.63, 3.8) is 0 Å². The number of hydrogen-bond donors (Lipinski definition) is 0. The molecule has 3 aromatic rings. The second kappa shape index (κ2) is 5.42. The van der Waals surface area contributed by atoms with Gasteiger partial charge in [-0.05, 0) is 43.3 Å². The molecule has 3 rings (SSSR count). The van der Waals surface area contributed by atoms with Crippen molar-refractivity contribution in [2.24, 2.45) is 0 Å². The summed E-state index contributed by atoms with van der Waals surface area (Å²) in [5.74, 6) is 2.07. The fraction of sp³-hybridized carbons (Fsp3) is 0.0714. The molecule has 0 atom stereocenters. The van der Waals surface area contributed by atoms with Gasteiger partial charge >= 0.3 is 0 Å². The van der Waals surface area contributed by atoms with Crippen LogP contribution >= 0.6 is 15.9 Å². The summed E-state index contributed by atoms with van der Waals surface area (Å²) in [7, 11) is 0. The Morgan fingerprint density at radius 2 is 1.95 bits per heavy atom. The third kappa shape index (κ3) is 2.70. The molecule has 0 amide bonds. The highest BCUT2D eigenvalue weighted by Gasteiger charge is 2.14. The summed E-state index contributed by atoms with van der Waals surface area (Å²) in [5, 5.41) is 3.78. The summed E-state index contributed by atoms with van der Waals surface area (Å²) in [4.78, 5) is 8.41. The predicted octanol–water partition coefficient (Wildman–Crippen LogP) is 3.99. The van der Waals surface area contributed by atoms with Gasteiger partial charge in [0.1, 0.15) is 11.3 Å². The van der Waals surface area contributed by atoms with E-state index in [4.69, 9.17) is 9.26 Å². The van der Waals surface area contributed by atoms with Gasteiger partial charge in [-0.3, -0.25) is 0 Å². The number of benzene rings is 1. The van der Waals surface area contributed by atoms with Crippen molar-refractivity contribution in [3.8, 4) is 23.1 Å². The molecule has 6 heteroatoms. The molecule has 0 saturated carbocycles. The third-order valence-corrected chi connectivity index (χ3v) is 3.09. The smallest absolute Gasteiger partial charge is 0.263 e. The summed E-state index contributed by atoms with van der Waals surface area (Å²) >= 11 is 3.38. The Bertz CT molecular complexity index is 725. The Morgan fingerprint density at radius 1 is 1.15 bits per heavy atom. The van der Waals surface area contributed by atoms with Crippen LogP contribution < -0.4 is 4.74 Å². The van der Waals surface area contributed by atoms with Gasteiger partial charge in [-0.15, -0.1) is 0 Å². The first-order valence-electron chi connectivity index (χ1n) is 5.91. The molecular formula is C14H10BrN3O2. The first kappa shape index (κ1) is 12.8. The lowest BCUT2D eigenvalue weighted by Gasteiger charge is -2.07. The Hall–Kier alpha value is -2.21. The van der Waals surface area contributed by atoms with Crippen LogP contribution in [-0.4, -0.2) is 15.1 Å². The maximum absolute atomic E-state index is 5.77. The number of nitrogens with zero attached hydrogens (tertiary/aromatic N) is 3. The topological polar surface area (TPSA) is 61.0 Å². The van der Waals surface area contributed by atoms with Gasteiger partial charge in [-0.1, -0.05) is 21.1 Å². The van der Waals surface area contributed by atoms with E-state index in [0.29, 0.717) is 28.9 Å². The molecule has 20 heavy (non-hydrogen) atoms. The van der Waals surface area contributed by atoms with Crippen LogP contribution in [0.25, 0.3) is 11.5 Å². The van der Waals surface area contributed by atoms with Crippen molar-refractivity contribution in [1.29, 1.82) is 0 Å². The molecule has 0 radical (unpaired) electrons. The van der Waals surface area contributed by atoms with Crippen LogP contribution in [0.2, 0.25) is 0 Å². The van der Waals surface area contributed by atoms with Crippen LogP contribution in [0.3, 0.4) is 0 Å². The minimum atomic E-state index is 0.391. The van der Waals surface area contributed by atoms with Gasteiger partial charge < -0.3 is 9.26 Å². The van der Waals surface area contributed by atoms with Crippen molar-refractivity contribution >= 4 is 15.9 Å². The maximum atomic E-state index is 5.77. The predicted molar refractivity (Wildman–Crippen MR) is 76.5 cm³/mol. The Balaban J connectivity index is 1.96. The quantitative estimate of drug-likeness (QED) is 0.726. The van der Waals surface area contributed by atoms with Gasteiger partial charge in [0, 0.05) is 10.7 Å². The van der Waals surface area contributed by atoms with Crippen molar-refractivity contribution < 1.29 is 9.26 Å². The normalized spacial score (nSPS) is 10.5. The molecule has 0 N–H and O–H groups in total. The minimum Gasteiger partial charge on any atom is -0.438 e. The van der Waals surface area contributed by atoms with Crippen molar-refractivity contribution in [2.75, 3.05) is 0 Å². The molecule has 100 valence electrons. The highest BCUT2D eigenvalue weighted by Crippen LogP contribution is 2.30. The second-order valence-corrected chi connectivity index (χ2v) is 4.97. The van der Waals surface area contributed by atoms with Crippen LogP contribution in [0.1, 0.15) is 5.82 Å². The molecule has 0 bridgehead atoms. The molecule has 0 fully saturated rings. The van der Waals surface area contributed by atoms with Crippen LogP contribution in [0.15, 0.2) is 51.6 Å². The van der Waals surface area contributed by atoms with Gasteiger partial charge in [0.15, 0.2) is 5.82 Å². The van der Waals surface area contributed by atoms with E-state index in [1.54, 1.807) is 19.2 Å². The molecule has 0 saturated heterocycles. The molecule has 2 aromatic heterocycles. The van der Waals surface area contributed by atoms with Gasteiger partial charge in [-0.25, -0.2) is 4.98 Å². The zero-order valence-corrected chi connectivity index (χ0v) is 12.2. The fourth-order valence-corrected chi connectivity index (χ4v) is 1.92. The lowest BCUT2D eigenvalue weighted by atomic mass is 10.2.